The molecule has 3 amide bonds. The van der Waals surface area contributed by atoms with Gasteiger partial charge in [-0.15, -0.1) is 0 Å². The number of likely N-dealkylation sites (N-methyl/N-ethyl adjacent to an activating group) is 2. The van der Waals surface area contributed by atoms with E-state index in [4.69, 9.17) is 0 Å². The third-order valence-corrected chi connectivity index (χ3v) is 3.52. The fourth-order valence-electron chi connectivity index (χ4n) is 2.24. The van der Waals surface area contributed by atoms with Crippen LogP contribution in [-0.2, 0) is 14.4 Å². The standard InChI is InChI=1S/C16H29N3O3/c1-7-8-18(5)16(22)13(4)9-14(12(2)3)19(6)15(21)10-17-11-20/h9,11-12,14H,7-8,10H2,1-6H3,(H,17,20)/t14-/m1/s1. The largest absolute Gasteiger partial charge is 0.350 e. The summed E-state index contributed by atoms with van der Waals surface area (Å²) in [6.45, 7) is 8.43. The first-order valence-corrected chi connectivity index (χ1v) is 7.62. The molecule has 22 heavy (non-hydrogen) atoms. The smallest absolute Gasteiger partial charge is 0.248 e. The molecule has 0 aliphatic carbocycles. The van der Waals surface area contributed by atoms with Crippen LogP contribution in [0.3, 0.4) is 0 Å². The van der Waals surface area contributed by atoms with Gasteiger partial charge in [-0.3, -0.25) is 14.4 Å². The van der Waals surface area contributed by atoms with Crippen molar-refractivity contribution in [3.63, 3.8) is 0 Å². The number of nitrogens with one attached hydrogen (secondary N) is 1. The Labute approximate surface area is 133 Å². The predicted octanol–water partition coefficient (Wildman–Crippen LogP) is 1.03. The van der Waals surface area contributed by atoms with Crippen molar-refractivity contribution in [3.8, 4) is 0 Å². The Hall–Kier alpha value is -1.85. The number of carbonyl (C=O) groups excluding carboxylic acids is 3. The first-order valence-electron chi connectivity index (χ1n) is 7.62. The topological polar surface area (TPSA) is 69.7 Å². The quantitative estimate of drug-likeness (QED) is 0.511. The van der Waals surface area contributed by atoms with E-state index >= 15 is 0 Å². The lowest BCUT2D eigenvalue weighted by Gasteiger charge is -2.30. The zero-order valence-electron chi connectivity index (χ0n) is 14.5. The van der Waals surface area contributed by atoms with Gasteiger partial charge in [0.25, 0.3) is 0 Å². The number of carbonyl (C=O) groups is 3. The van der Waals surface area contributed by atoms with Gasteiger partial charge in [0.05, 0.1) is 12.6 Å². The molecule has 0 aliphatic heterocycles. The molecule has 0 radical (unpaired) electrons. The molecule has 0 heterocycles. The summed E-state index contributed by atoms with van der Waals surface area (Å²) in [6.07, 6.45) is 3.23. The number of hydrogen-bond acceptors (Lipinski definition) is 3. The first-order chi connectivity index (χ1) is 10.3. The summed E-state index contributed by atoms with van der Waals surface area (Å²) in [4.78, 5) is 37.8. The lowest BCUT2D eigenvalue weighted by atomic mass is 9.99. The molecule has 0 rings (SSSR count). The van der Waals surface area contributed by atoms with Crippen LogP contribution in [0.1, 0.15) is 34.1 Å². The zero-order valence-corrected chi connectivity index (χ0v) is 14.5. The maximum atomic E-state index is 12.3. The highest BCUT2D eigenvalue weighted by Crippen LogP contribution is 2.14. The summed E-state index contributed by atoms with van der Waals surface area (Å²) in [5.74, 6) is -0.0620. The van der Waals surface area contributed by atoms with Crippen molar-refractivity contribution >= 4 is 18.2 Å². The molecule has 126 valence electrons. The van der Waals surface area contributed by atoms with Gasteiger partial charge < -0.3 is 15.1 Å². The average Bonchev–Trinajstić information content (AvgIpc) is 2.48. The molecule has 0 saturated heterocycles. The fourth-order valence-corrected chi connectivity index (χ4v) is 2.24. The highest BCUT2D eigenvalue weighted by Gasteiger charge is 2.22. The number of amides is 3. The average molecular weight is 311 g/mol. The third kappa shape index (κ3) is 6.28. The molecule has 0 aliphatic rings. The van der Waals surface area contributed by atoms with Gasteiger partial charge in [0.15, 0.2) is 0 Å². The van der Waals surface area contributed by atoms with Gasteiger partial charge in [-0.1, -0.05) is 26.8 Å². The van der Waals surface area contributed by atoms with Crippen molar-refractivity contribution in [3.05, 3.63) is 11.6 Å². The van der Waals surface area contributed by atoms with Crippen LogP contribution in [0.15, 0.2) is 11.6 Å². The Morgan fingerprint density at radius 1 is 1.23 bits per heavy atom. The maximum Gasteiger partial charge on any atom is 0.248 e. The minimum atomic E-state index is -0.195. The van der Waals surface area contributed by atoms with Crippen molar-refractivity contribution in [2.45, 2.75) is 40.2 Å². The normalized spacial score (nSPS) is 12.8. The molecule has 0 bridgehead atoms. The lowest BCUT2D eigenvalue weighted by Crippen LogP contribution is -2.43. The summed E-state index contributed by atoms with van der Waals surface area (Å²) in [5, 5.41) is 2.37. The SMILES string of the molecule is CCCN(C)C(=O)C(C)=C[C@H](C(C)C)N(C)C(=O)CNC=O. The van der Waals surface area contributed by atoms with Crippen molar-refractivity contribution < 1.29 is 14.4 Å². The molecular weight excluding hydrogens is 282 g/mol. The van der Waals surface area contributed by atoms with Crippen LogP contribution in [0, 0.1) is 5.92 Å². The number of nitrogens with zero attached hydrogens (tertiary/aromatic N) is 2. The Kier molecular flexibility index (Phi) is 9.13. The van der Waals surface area contributed by atoms with Crippen molar-refractivity contribution in [2.24, 2.45) is 5.92 Å². The fraction of sp³-hybridized carbons (Fsp3) is 0.688. The van der Waals surface area contributed by atoms with E-state index in [1.807, 2.05) is 26.8 Å². The summed E-state index contributed by atoms with van der Waals surface area (Å²) in [5.41, 5.74) is 0.623. The second kappa shape index (κ2) is 9.97. The molecule has 0 aromatic rings. The van der Waals surface area contributed by atoms with E-state index in [2.05, 4.69) is 5.32 Å². The predicted molar refractivity (Wildman–Crippen MR) is 87.1 cm³/mol. The highest BCUT2D eigenvalue weighted by molar-refractivity contribution is 5.92. The summed E-state index contributed by atoms with van der Waals surface area (Å²) < 4.78 is 0. The van der Waals surface area contributed by atoms with Crippen molar-refractivity contribution in [1.82, 2.24) is 15.1 Å². The Balaban J connectivity index is 5.09. The Morgan fingerprint density at radius 2 is 1.82 bits per heavy atom. The van der Waals surface area contributed by atoms with Crippen LogP contribution >= 0.6 is 0 Å². The number of hydrogen-bond donors (Lipinski definition) is 1. The minimum Gasteiger partial charge on any atom is -0.350 e. The second-order valence-corrected chi connectivity index (χ2v) is 5.81. The maximum absolute atomic E-state index is 12.3. The molecule has 1 N–H and O–H groups in total. The Morgan fingerprint density at radius 3 is 2.27 bits per heavy atom. The van der Waals surface area contributed by atoms with Crippen molar-refractivity contribution in [2.75, 3.05) is 27.2 Å². The van der Waals surface area contributed by atoms with Gasteiger partial charge in [-0.25, -0.2) is 0 Å². The minimum absolute atomic E-state index is 0.0284. The molecule has 0 saturated carbocycles. The van der Waals surface area contributed by atoms with Crippen LogP contribution in [0.5, 0.6) is 0 Å². The van der Waals surface area contributed by atoms with Crippen molar-refractivity contribution in [1.29, 1.82) is 0 Å². The van der Waals surface area contributed by atoms with Gasteiger partial charge in [-0.05, 0) is 19.3 Å². The first kappa shape index (κ1) is 20.1. The second-order valence-electron chi connectivity index (χ2n) is 5.81. The van der Waals surface area contributed by atoms with Gasteiger partial charge in [0.1, 0.15) is 0 Å². The van der Waals surface area contributed by atoms with Gasteiger partial charge >= 0.3 is 0 Å². The van der Waals surface area contributed by atoms with Gasteiger partial charge in [0.2, 0.25) is 18.2 Å². The summed E-state index contributed by atoms with van der Waals surface area (Å²) >= 11 is 0. The lowest BCUT2D eigenvalue weighted by molar-refractivity contribution is -0.132. The van der Waals surface area contributed by atoms with Gasteiger partial charge in [-0.2, -0.15) is 0 Å². The molecule has 0 spiro atoms. The molecule has 0 aromatic carbocycles. The molecule has 0 aromatic heterocycles. The van der Waals surface area contributed by atoms with E-state index in [0.717, 1.165) is 6.42 Å². The number of rotatable bonds is 9. The van der Waals surface area contributed by atoms with Crippen LogP contribution in [-0.4, -0.2) is 61.3 Å². The van der Waals surface area contributed by atoms with Gasteiger partial charge in [0, 0.05) is 26.2 Å². The van der Waals surface area contributed by atoms with Crippen LogP contribution in [0.25, 0.3) is 0 Å². The summed E-state index contributed by atoms with van der Waals surface area (Å²) in [6, 6.07) is -0.195. The van der Waals surface area contributed by atoms with Crippen LogP contribution in [0.2, 0.25) is 0 Å². The monoisotopic (exact) mass is 311 g/mol. The zero-order chi connectivity index (χ0) is 17.3. The molecule has 1 atom stereocenters. The van der Waals surface area contributed by atoms with E-state index in [-0.39, 0.29) is 30.3 Å². The molecule has 0 unspecified atom stereocenters. The van der Waals surface area contributed by atoms with E-state index in [0.29, 0.717) is 18.5 Å². The highest BCUT2D eigenvalue weighted by atomic mass is 16.2. The third-order valence-electron chi connectivity index (χ3n) is 3.52. The molecule has 6 heteroatoms. The van der Waals surface area contributed by atoms with Crippen LogP contribution < -0.4 is 5.32 Å². The van der Waals surface area contributed by atoms with E-state index in [1.54, 1.807) is 30.8 Å². The van der Waals surface area contributed by atoms with E-state index in [1.165, 1.54) is 0 Å². The molecular formula is C16H29N3O3. The van der Waals surface area contributed by atoms with E-state index in [9.17, 15) is 14.4 Å². The summed E-state index contributed by atoms with van der Waals surface area (Å²) in [7, 11) is 3.46. The van der Waals surface area contributed by atoms with Crippen LogP contribution in [0.4, 0.5) is 0 Å². The Bertz CT molecular complexity index is 419. The van der Waals surface area contributed by atoms with E-state index < -0.39 is 0 Å². The molecule has 6 nitrogen and oxygen atoms in total. The molecule has 0 fully saturated rings.